The van der Waals surface area contributed by atoms with Crippen LogP contribution in [-0.4, -0.2) is 23.4 Å². The fourth-order valence-electron chi connectivity index (χ4n) is 1.47. The van der Waals surface area contributed by atoms with Gasteiger partial charge in [0, 0.05) is 18.4 Å². The van der Waals surface area contributed by atoms with Crippen LogP contribution in [0.15, 0.2) is 18.2 Å². The molecule has 1 aromatic heterocycles. The summed E-state index contributed by atoms with van der Waals surface area (Å²) in [4.78, 5) is 5.50. The molecule has 17 heavy (non-hydrogen) atoms. The van der Waals surface area contributed by atoms with E-state index < -0.39 is 11.9 Å². The summed E-state index contributed by atoms with van der Waals surface area (Å²) in [5.74, 6) is 0.376. The largest absolute Gasteiger partial charge is 0.433 e. The van der Waals surface area contributed by atoms with Crippen LogP contribution in [0.5, 0.6) is 0 Å². The Labute approximate surface area is 107 Å². The highest BCUT2D eigenvalue weighted by Crippen LogP contribution is 2.28. The molecule has 0 fully saturated rings. The highest BCUT2D eigenvalue weighted by atomic mass is 79.9. The maximum atomic E-state index is 12.5. The van der Waals surface area contributed by atoms with Crippen LogP contribution in [0.25, 0.3) is 0 Å². The smallest absolute Gasteiger partial charge is 0.356 e. The number of nitrogens with zero attached hydrogens (tertiary/aromatic N) is 2. The molecule has 0 aliphatic rings. The van der Waals surface area contributed by atoms with Crippen molar-refractivity contribution in [2.45, 2.75) is 19.5 Å². The number of pyridine rings is 1. The van der Waals surface area contributed by atoms with E-state index in [1.807, 2.05) is 11.8 Å². The number of hydrogen-bond acceptors (Lipinski definition) is 2. The number of alkyl halides is 4. The lowest BCUT2D eigenvalue weighted by atomic mass is 10.3. The monoisotopic (exact) mass is 310 g/mol. The first-order valence-corrected chi connectivity index (χ1v) is 6.46. The summed E-state index contributed by atoms with van der Waals surface area (Å²) in [7, 11) is 0. The van der Waals surface area contributed by atoms with E-state index in [0.29, 0.717) is 24.2 Å². The van der Waals surface area contributed by atoms with Crippen LogP contribution in [0.3, 0.4) is 0 Å². The molecular weight excluding hydrogens is 297 g/mol. The predicted octanol–water partition coefficient (Wildman–Crippen LogP) is 3.71. The standard InChI is InChI=1S/C11H14BrF3N2/c1-2-7-17(8-6-12)10-5-3-4-9(16-10)11(13,14)15/h3-5H,2,6-8H2,1H3. The molecule has 0 N–H and O–H groups in total. The second-order valence-corrected chi connectivity index (χ2v) is 4.35. The summed E-state index contributed by atoms with van der Waals surface area (Å²) >= 11 is 3.28. The van der Waals surface area contributed by atoms with Gasteiger partial charge in [0.1, 0.15) is 11.5 Å². The van der Waals surface area contributed by atoms with Crippen LogP contribution in [0, 0.1) is 0 Å². The molecule has 2 nitrogen and oxygen atoms in total. The minimum absolute atomic E-state index is 0.376. The van der Waals surface area contributed by atoms with Crippen molar-refractivity contribution in [3.8, 4) is 0 Å². The number of anilines is 1. The lowest BCUT2D eigenvalue weighted by molar-refractivity contribution is -0.141. The summed E-state index contributed by atoms with van der Waals surface area (Å²) < 4.78 is 37.5. The van der Waals surface area contributed by atoms with Gasteiger partial charge in [0.2, 0.25) is 0 Å². The van der Waals surface area contributed by atoms with Gasteiger partial charge in [-0.25, -0.2) is 4.98 Å². The van der Waals surface area contributed by atoms with E-state index in [2.05, 4.69) is 20.9 Å². The lowest BCUT2D eigenvalue weighted by Crippen LogP contribution is -2.27. The van der Waals surface area contributed by atoms with Gasteiger partial charge in [0.25, 0.3) is 0 Å². The van der Waals surface area contributed by atoms with Crippen LogP contribution < -0.4 is 4.90 Å². The Morgan fingerprint density at radius 3 is 2.53 bits per heavy atom. The Balaban J connectivity index is 2.95. The zero-order valence-corrected chi connectivity index (χ0v) is 11.1. The second-order valence-electron chi connectivity index (χ2n) is 3.55. The Hall–Kier alpha value is -0.780. The van der Waals surface area contributed by atoms with Gasteiger partial charge in [-0.05, 0) is 18.6 Å². The first kappa shape index (κ1) is 14.3. The quantitative estimate of drug-likeness (QED) is 0.771. The van der Waals surface area contributed by atoms with E-state index in [-0.39, 0.29) is 0 Å². The number of hydrogen-bond donors (Lipinski definition) is 0. The maximum Gasteiger partial charge on any atom is 0.433 e. The van der Waals surface area contributed by atoms with E-state index >= 15 is 0 Å². The molecule has 1 rings (SSSR count). The summed E-state index contributed by atoms with van der Waals surface area (Å²) in [6, 6.07) is 3.98. The second kappa shape index (κ2) is 6.23. The Kier molecular flexibility index (Phi) is 5.24. The van der Waals surface area contributed by atoms with Gasteiger partial charge in [-0.15, -0.1) is 0 Å². The van der Waals surface area contributed by atoms with Gasteiger partial charge in [0.15, 0.2) is 0 Å². The number of rotatable bonds is 5. The lowest BCUT2D eigenvalue weighted by Gasteiger charge is -2.22. The van der Waals surface area contributed by atoms with Crippen molar-refractivity contribution < 1.29 is 13.2 Å². The van der Waals surface area contributed by atoms with E-state index in [1.165, 1.54) is 6.07 Å². The zero-order chi connectivity index (χ0) is 12.9. The average molecular weight is 311 g/mol. The van der Waals surface area contributed by atoms with Crippen molar-refractivity contribution in [3.63, 3.8) is 0 Å². The van der Waals surface area contributed by atoms with Crippen LogP contribution in [0.4, 0.5) is 19.0 Å². The van der Waals surface area contributed by atoms with Gasteiger partial charge < -0.3 is 4.90 Å². The number of halogens is 4. The van der Waals surface area contributed by atoms with Crippen molar-refractivity contribution in [1.29, 1.82) is 0 Å². The predicted molar refractivity (Wildman–Crippen MR) is 65.5 cm³/mol. The average Bonchev–Trinajstić information content (AvgIpc) is 2.28. The van der Waals surface area contributed by atoms with E-state index in [9.17, 15) is 13.2 Å². The number of aromatic nitrogens is 1. The molecule has 0 bridgehead atoms. The maximum absolute atomic E-state index is 12.5. The van der Waals surface area contributed by atoms with E-state index in [4.69, 9.17) is 0 Å². The molecule has 0 saturated carbocycles. The molecule has 0 aliphatic heterocycles. The van der Waals surface area contributed by atoms with Gasteiger partial charge in [-0.2, -0.15) is 13.2 Å². The van der Waals surface area contributed by atoms with Crippen LogP contribution in [-0.2, 0) is 6.18 Å². The normalized spacial score (nSPS) is 11.6. The minimum Gasteiger partial charge on any atom is -0.356 e. The van der Waals surface area contributed by atoms with Crippen molar-refractivity contribution in [3.05, 3.63) is 23.9 Å². The Bertz CT molecular complexity index is 349. The molecule has 0 atom stereocenters. The van der Waals surface area contributed by atoms with Crippen molar-refractivity contribution in [1.82, 2.24) is 4.98 Å². The molecule has 96 valence electrons. The van der Waals surface area contributed by atoms with Crippen molar-refractivity contribution in [2.24, 2.45) is 0 Å². The van der Waals surface area contributed by atoms with Crippen LogP contribution in [0.1, 0.15) is 19.0 Å². The molecule has 0 spiro atoms. The molecule has 0 saturated heterocycles. The van der Waals surface area contributed by atoms with Gasteiger partial charge in [-0.3, -0.25) is 0 Å². The fraction of sp³-hybridized carbons (Fsp3) is 0.545. The van der Waals surface area contributed by atoms with Crippen molar-refractivity contribution in [2.75, 3.05) is 23.3 Å². The fourth-order valence-corrected chi connectivity index (χ4v) is 1.90. The molecule has 1 aromatic rings. The topological polar surface area (TPSA) is 16.1 Å². The molecule has 1 heterocycles. The molecule has 0 aliphatic carbocycles. The summed E-state index contributed by atoms with van der Waals surface area (Å²) in [5.41, 5.74) is -0.842. The first-order chi connectivity index (χ1) is 7.99. The van der Waals surface area contributed by atoms with Gasteiger partial charge >= 0.3 is 6.18 Å². The van der Waals surface area contributed by atoms with Crippen molar-refractivity contribution >= 4 is 21.7 Å². The first-order valence-electron chi connectivity index (χ1n) is 5.34. The zero-order valence-electron chi connectivity index (χ0n) is 9.47. The summed E-state index contributed by atoms with van der Waals surface area (Å²) in [6.07, 6.45) is -3.52. The van der Waals surface area contributed by atoms with Crippen LogP contribution in [0.2, 0.25) is 0 Å². The molecule has 0 amide bonds. The molecule has 6 heteroatoms. The molecule has 0 aromatic carbocycles. The Morgan fingerprint density at radius 1 is 1.29 bits per heavy atom. The SMILES string of the molecule is CCCN(CCBr)c1cccc(C(F)(F)F)n1. The third-order valence-corrected chi connectivity index (χ3v) is 2.55. The van der Waals surface area contributed by atoms with Crippen LogP contribution >= 0.6 is 15.9 Å². The highest BCUT2D eigenvalue weighted by molar-refractivity contribution is 9.09. The van der Waals surface area contributed by atoms with E-state index in [0.717, 1.165) is 12.5 Å². The molecular formula is C11H14BrF3N2. The summed E-state index contributed by atoms with van der Waals surface area (Å²) in [5, 5.41) is 0.699. The Morgan fingerprint density at radius 2 is 2.00 bits per heavy atom. The van der Waals surface area contributed by atoms with Gasteiger partial charge in [-0.1, -0.05) is 28.9 Å². The highest BCUT2D eigenvalue weighted by Gasteiger charge is 2.32. The summed E-state index contributed by atoms with van der Waals surface area (Å²) in [6.45, 7) is 3.32. The molecule has 0 radical (unpaired) electrons. The minimum atomic E-state index is -4.39. The van der Waals surface area contributed by atoms with E-state index in [1.54, 1.807) is 6.07 Å². The third kappa shape index (κ3) is 4.18. The molecule has 0 unspecified atom stereocenters. The van der Waals surface area contributed by atoms with Gasteiger partial charge in [0.05, 0.1) is 0 Å². The third-order valence-electron chi connectivity index (χ3n) is 2.20.